The second-order valence-electron chi connectivity index (χ2n) is 5.11. The molecule has 0 heterocycles. The van der Waals surface area contributed by atoms with Crippen LogP contribution in [-0.2, 0) is 11.2 Å². The van der Waals surface area contributed by atoms with E-state index in [-0.39, 0.29) is 11.9 Å². The number of rotatable bonds is 5. The predicted octanol–water partition coefficient (Wildman–Crippen LogP) is 1.63. The third-order valence-corrected chi connectivity index (χ3v) is 3.58. The van der Waals surface area contributed by atoms with E-state index in [1.807, 2.05) is 12.1 Å². The lowest BCUT2D eigenvalue weighted by Gasteiger charge is -2.26. The number of fused-ring (bicyclic) bond motifs is 1. The van der Waals surface area contributed by atoms with E-state index >= 15 is 0 Å². The van der Waals surface area contributed by atoms with Gasteiger partial charge < -0.3 is 16.4 Å². The SMILES string of the molecule is NC(=O)NCCCC(=O)N[C@H]1CCCc2ccccc21. The number of carbonyl (C=O) groups is 2. The van der Waals surface area contributed by atoms with Crippen LogP contribution >= 0.6 is 0 Å². The second kappa shape index (κ2) is 6.93. The van der Waals surface area contributed by atoms with Crippen molar-refractivity contribution in [3.05, 3.63) is 35.4 Å². The summed E-state index contributed by atoms with van der Waals surface area (Å²) in [6, 6.07) is 7.85. The van der Waals surface area contributed by atoms with Crippen molar-refractivity contribution in [3.8, 4) is 0 Å². The first-order valence-corrected chi connectivity index (χ1v) is 7.07. The maximum absolute atomic E-state index is 11.9. The van der Waals surface area contributed by atoms with Gasteiger partial charge in [-0.3, -0.25) is 4.79 Å². The first-order valence-electron chi connectivity index (χ1n) is 7.07. The number of carbonyl (C=O) groups excluding carboxylic acids is 2. The Morgan fingerprint density at radius 1 is 1.30 bits per heavy atom. The minimum Gasteiger partial charge on any atom is -0.352 e. The summed E-state index contributed by atoms with van der Waals surface area (Å²) < 4.78 is 0. The van der Waals surface area contributed by atoms with Crippen molar-refractivity contribution in [1.29, 1.82) is 0 Å². The van der Waals surface area contributed by atoms with Gasteiger partial charge in [-0.05, 0) is 36.8 Å². The van der Waals surface area contributed by atoms with Crippen LogP contribution < -0.4 is 16.4 Å². The summed E-state index contributed by atoms with van der Waals surface area (Å²) in [6.45, 7) is 0.435. The molecule has 0 unspecified atom stereocenters. The van der Waals surface area contributed by atoms with Gasteiger partial charge in [0.15, 0.2) is 0 Å². The molecule has 0 bridgehead atoms. The van der Waals surface area contributed by atoms with Crippen molar-refractivity contribution in [2.24, 2.45) is 5.73 Å². The minimum atomic E-state index is -0.549. The molecule has 0 saturated heterocycles. The van der Waals surface area contributed by atoms with Gasteiger partial charge in [-0.25, -0.2) is 4.79 Å². The van der Waals surface area contributed by atoms with Gasteiger partial charge in [0, 0.05) is 13.0 Å². The lowest BCUT2D eigenvalue weighted by atomic mass is 9.87. The molecule has 4 N–H and O–H groups in total. The third-order valence-electron chi connectivity index (χ3n) is 3.58. The first-order chi connectivity index (χ1) is 9.66. The number of hydrogen-bond donors (Lipinski definition) is 3. The molecule has 0 spiro atoms. The van der Waals surface area contributed by atoms with Gasteiger partial charge in [-0.1, -0.05) is 24.3 Å². The van der Waals surface area contributed by atoms with E-state index in [0.717, 1.165) is 19.3 Å². The lowest BCUT2D eigenvalue weighted by molar-refractivity contribution is -0.122. The highest BCUT2D eigenvalue weighted by molar-refractivity contribution is 5.76. The van der Waals surface area contributed by atoms with E-state index in [2.05, 4.69) is 22.8 Å². The van der Waals surface area contributed by atoms with Crippen LogP contribution in [0.25, 0.3) is 0 Å². The molecule has 1 aliphatic carbocycles. The normalized spacial score (nSPS) is 17.1. The first kappa shape index (κ1) is 14.4. The number of aryl methyl sites for hydroxylation is 1. The quantitative estimate of drug-likeness (QED) is 0.713. The van der Waals surface area contributed by atoms with Gasteiger partial charge in [0.2, 0.25) is 5.91 Å². The van der Waals surface area contributed by atoms with Crippen LogP contribution in [0, 0.1) is 0 Å². The fraction of sp³-hybridized carbons (Fsp3) is 0.467. The van der Waals surface area contributed by atoms with E-state index in [1.165, 1.54) is 11.1 Å². The molecule has 0 fully saturated rings. The molecule has 2 rings (SSSR count). The summed E-state index contributed by atoms with van der Waals surface area (Å²) in [5.74, 6) is 0.0259. The summed E-state index contributed by atoms with van der Waals surface area (Å²) in [7, 11) is 0. The van der Waals surface area contributed by atoms with E-state index in [9.17, 15) is 9.59 Å². The van der Waals surface area contributed by atoms with Gasteiger partial charge >= 0.3 is 6.03 Å². The molecule has 0 saturated carbocycles. The Bertz CT molecular complexity index is 488. The van der Waals surface area contributed by atoms with E-state index in [1.54, 1.807) is 0 Å². The summed E-state index contributed by atoms with van der Waals surface area (Å²) >= 11 is 0. The Kier molecular flexibility index (Phi) is 4.98. The van der Waals surface area contributed by atoms with Crippen molar-refractivity contribution in [2.45, 2.75) is 38.1 Å². The predicted molar refractivity (Wildman–Crippen MR) is 77.1 cm³/mol. The van der Waals surface area contributed by atoms with Crippen molar-refractivity contribution in [2.75, 3.05) is 6.54 Å². The topological polar surface area (TPSA) is 84.2 Å². The zero-order valence-electron chi connectivity index (χ0n) is 11.5. The summed E-state index contributed by atoms with van der Waals surface area (Å²) in [6.07, 6.45) is 4.18. The Labute approximate surface area is 118 Å². The third kappa shape index (κ3) is 3.98. The van der Waals surface area contributed by atoms with Crippen LogP contribution in [0.1, 0.15) is 42.9 Å². The number of urea groups is 1. The average Bonchev–Trinajstić information content (AvgIpc) is 2.44. The molecule has 0 aromatic heterocycles. The second-order valence-corrected chi connectivity index (χ2v) is 5.11. The van der Waals surface area contributed by atoms with Crippen molar-refractivity contribution >= 4 is 11.9 Å². The Hall–Kier alpha value is -2.04. The molecule has 1 aromatic rings. The van der Waals surface area contributed by atoms with Gasteiger partial charge in [0.1, 0.15) is 0 Å². The van der Waals surface area contributed by atoms with E-state index in [0.29, 0.717) is 19.4 Å². The Morgan fingerprint density at radius 2 is 2.10 bits per heavy atom. The zero-order valence-corrected chi connectivity index (χ0v) is 11.5. The molecule has 5 nitrogen and oxygen atoms in total. The highest BCUT2D eigenvalue weighted by atomic mass is 16.2. The Morgan fingerprint density at radius 3 is 2.90 bits per heavy atom. The van der Waals surface area contributed by atoms with Crippen LogP contribution in [0.4, 0.5) is 4.79 Å². The van der Waals surface area contributed by atoms with Crippen LogP contribution in [0.3, 0.4) is 0 Å². The summed E-state index contributed by atoms with van der Waals surface area (Å²) in [4.78, 5) is 22.4. The molecule has 0 aliphatic heterocycles. The number of hydrogen-bond acceptors (Lipinski definition) is 2. The van der Waals surface area contributed by atoms with E-state index < -0.39 is 6.03 Å². The molecule has 3 amide bonds. The molecular weight excluding hydrogens is 254 g/mol. The molecule has 5 heteroatoms. The summed E-state index contributed by atoms with van der Waals surface area (Å²) in [5.41, 5.74) is 7.53. The van der Waals surface area contributed by atoms with Crippen LogP contribution in [0.15, 0.2) is 24.3 Å². The van der Waals surface area contributed by atoms with Crippen LogP contribution in [-0.4, -0.2) is 18.5 Å². The maximum atomic E-state index is 11.9. The lowest BCUT2D eigenvalue weighted by Crippen LogP contribution is -2.33. The Balaban J connectivity index is 1.82. The highest BCUT2D eigenvalue weighted by Gasteiger charge is 2.20. The van der Waals surface area contributed by atoms with Crippen molar-refractivity contribution in [1.82, 2.24) is 10.6 Å². The van der Waals surface area contributed by atoms with Gasteiger partial charge in [-0.15, -0.1) is 0 Å². The van der Waals surface area contributed by atoms with Gasteiger partial charge in [0.05, 0.1) is 6.04 Å². The summed E-state index contributed by atoms with van der Waals surface area (Å²) in [5, 5.41) is 5.56. The number of nitrogens with one attached hydrogen (secondary N) is 2. The number of benzene rings is 1. The number of primary amides is 1. The van der Waals surface area contributed by atoms with Crippen molar-refractivity contribution < 1.29 is 9.59 Å². The molecule has 108 valence electrons. The highest BCUT2D eigenvalue weighted by Crippen LogP contribution is 2.29. The standard InChI is InChI=1S/C15H21N3O2/c16-15(20)17-10-4-9-14(19)18-13-8-3-6-11-5-1-2-7-12(11)13/h1-2,5,7,13H,3-4,6,8-10H2,(H,18,19)(H3,16,17,20)/t13-/m0/s1. The maximum Gasteiger partial charge on any atom is 0.312 e. The molecular formula is C15H21N3O2. The molecule has 1 atom stereocenters. The van der Waals surface area contributed by atoms with E-state index in [4.69, 9.17) is 5.73 Å². The van der Waals surface area contributed by atoms with Crippen LogP contribution in [0.2, 0.25) is 0 Å². The molecule has 0 radical (unpaired) electrons. The number of nitrogens with two attached hydrogens (primary N) is 1. The van der Waals surface area contributed by atoms with Gasteiger partial charge in [0.25, 0.3) is 0 Å². The monoisotopic (exact) mass is 275 g/mol. The zero-order chi connectivity index (χ0) is 14.4. The molecule has 20 heavy (non-hydrogen) atoms. The fourth-order valence-electron chi connectivity index (χ4n) is 2.63. The van der Waals surface area contributed by atoms with Crippen molar-refractivity contribution in [3.63, 3.8) is 0 Å². The average molecular weight is 275 g/mol. The number of amides is 3. The largest absolute Gasteiger partial charge is 0.352 e. The minimum absolute atomic E-state index is 0.0259. The smallest absolute Gasteiger partial charge is 0.312 e. The van der Waals surface area contributed by atoms with Gasteiger partial charge in [-0.2, -0.15) is 0 Å². The fourth-order valence-corrected chi connectivity index (χ4v) is 2.63. The molecule has 1 aromatic carbocycles. The van der Waals surface area contributed by atoms with Crippen LogP contribution in [0.5, 0.6) is 0 Å². The molecule has 1 aliphatic rings.